The number of amides is 1. The van der Waals surface area contributed by atoms with Crippen LogP contribution in [0, 0.1) is 6.92 Å². The molecule has 0 atom stereocenters. The first-order valence-corrected chi connectivity index (χ1v) is 13.5. The van der Waals surface area contributed by atoms with E-state index in [1.807, 2.05) is 4.90 Å². The Balaban J connectivity index is 1.24. The third-order valence-electron chi connectivity index (χ3n) is 7.70. The summed E-state index contributed by atoms with van der Waals surface area (Å²) in [4.78, 5) is 20.2. The number of anilines is 1. The van der Waals surface area contributed by atoms with Crippen molar-refractivity contribution in [3.05, 3.63) is 59.2 Å². The standard InChI is InChI=1S/C30H43N3O2/c1-23(2)28-15-10-24(3)22-29(28)30(34)33-19-17-32(18-20-33)26-11-13-27(14-12-26)35-21-7-16-31(4)25-8-5-6-9-25/h10-15,22-23,25H,5-9,16-21H2,1-4H3. The molecule has 5 nitrogen and oxygen atoms in total. The van der Waals surface area contributed by atoms with Crippen LogP contribution in [0.3, 0.4) is 0 Å². The highest BCUT2D eigenvalue weighted by Crippen LogP contribution is 2.25. The van der Waals surface area contributed by atoms with Crippen LogP contribution in [0.2, 0.25) is 0 Å². The zero-order valence-corrected chi connectivity index (χ0v) is 22.1. The number of ether oxygens (including phenoxy) is 1. The van der Waals surface area contributed by atoms with Gasteiger partial charge in [-0.3, -0.25) is 4.79 Å². The van der Waals surface area contributed by atoms with E-state index >= 15 is 0 Å². The molecule has 2 aromatic carbocycles. The Morgan fingerprint density at radius 1 is 1.03 bits per heavy atom. The summed E-state index contributed by atoms with van der Waals surface area (Å²) in [5.74, 6) is 1.44. The van der Waals surface area contributed by atoms with E-state index < -0.39 is 0 Å². The van der Waals surface area contributed by atoms with Crippen LogP contribution in [-0.4, -0.2) is 68.1 Å². The molecule has 2 aliphatic rings. The lowest BCUT2D eigenvalue weighted by molar-refractivity contribution is 0.0745. The molecule has 0 N–H and O–H groups in total. The molecular weight excluding hydrogens is 434 g/mol. The van der Waals surface area contributed by atoms with Crippen LogP contribution in [0.4, 0.5) is 5.69 Å². The predicted molar refractivity (Wildman–Crippen MR) is 145 cm³/mol. The van der Waals surface area contributed by atoms with Gasteiger partial charge in [0.05, 0.1) is 6.61 Å². The minimum atomic E-state index is 0.166. The smallest absolute Gasteiger partial charge is 0.254 e. The monoisotopic (exact) mass is 477 g/mol. The second kappa shape index (κ2) is 11.9. The summed E-state index contributed by atoms with van der Waals surface area (Å²) < 4.78 is 6.00. The number of aryl methyl sites for hydroxylation is 1. The van der Waals surface area contributed by atoms with Crippen molar-refractivity contribution in [2.75, 3.05) is 51.3 Å². The van der Waals surface area contributed by atoms with Crippen LogP contribution in [0.5, 0.6) is 5.75 Å². The summed E-state index contributed by atoms with van der Waals surface area (Å²) in [6.45, 7) is 11.4. The zero-order chi connectivity index (χ0) is 24.8. The third-order valence-corrected chi connectivity index (χ3v) is 7.70. The Hall–Kier alpha value is -2.53. The molecule has 1 aliphatic heterocycles. The summed E-state index contributed by atoms with van der Waals surface area (Å²) in [6, 6.07) is 15.5. The Morgan fingerprint density at radius 2 is 1.71 bits per heavy atom. The molecule has 0 spiro atoms. The summed E-state index contributed by atoms with van der Waals surface area (Å²) in [5.41, 5.74) is 4.34. The average molecular weight is 478 g/mol. The first-order chi connectivity index (χ1) is 16.9. The second-order valence-electron chi connectivity index (χ2n) is 10.6. The molecule has 35 heavy (non-hydrogen) atoms. The minimum absolute atomic E-state index is 0.166. The molecule has 0 radical (unpaired) electrons. The highest BCUT2D eigenvalue weighted by molar-refractivity contribution is 5.96. The van der Waals surface area contributed by atoms with Crippen LogP contribution in [-0.2, 0) is 0 Å². The first-order valence-electron chi connectivity index (χ1n) is 13.5. The number of rotatable bonds is 9. The number of hydrogen-bond donors (Lipinski definition) is 0. The molecule has 1 saturated carbocycles. The van der Waals surface area contributed by atoms with Crippen LogP contribution in [0.1, 0.15) is 73.4 Å². The summed E-state index contributed by atoms with van der Waals surface area (Å²) in [7, 11) is 2.25. The van der Waals surface area contributed by atoms with Gasteiger partial charge >= 0.3 is 0 Å². The van der Waals surface area contributed by atoms with Crippen molar-refractivity contribution in [2.24, 2.45) is 0 Å². The normalized spacial score (nSPS) is 17.0. The van der Waals surface area contributed by atoms with E-state index in [0.717, 1.165) is 74.2 Å². The van der Waals surface area contributed by atoms with Crippen molar-refractivity contribution >= 4 is 11.6 Å². The van der Waals surface area contributed by atoms with Gasteiger partial charge in [-0.15, -0.1) is 0 Å². The predicted octanol–water partition coefficient (Wildman–Crippen LogP) is 5.72. The van der Waals surface area contributed by atoms with Crippen molar-refractivity contribution in [1.82, 2.24) is 9.80 Å². The molecular formula is C30H43N3O2. The molecule has 1 saturated heterocycles. The quantitative estimate of drug-likeness (QED) is 0.433. The Morgan fingerprint density at radius 3 is 2.37 bits per heavy atom. The van der Waals surface area contributed by atoms with Crippen molar-refractivity contribution < 1.29 is 9.53 Å². The van der Waals surface area contributed by atoms with E-state index in [4.69, 9.17) is 4.74 Å². The third kappa shape index (κ3) is 6.58. The molecule has 190 valence electrons. The molecule has 0 aromatic heterocycles. The van der Waals surface area contributed by atoms with Crippen molar-refractivity contribution in [1.29, 1.82) is 0 Å². The van der Waals surface area contributed by atoms with Crippen LogP contribution in [0.25, 0.3) is 0 Å². The highest BCUT2D eigenvalue weighted by Gasteiger charge is 2.25. The number of carbonyl (C=O) groups excluding carboxylic acids is 1. The average Bonchev–Trinajstić information content (AvgIpc) is 3.42. The fraction of sp³-hybridized carbons (Fsp3) is 0.567. The van der Waals surface area contributed by atoms with Gasteiger partial charge in [0.25, 0.3) is 5.91 Å². The van der Waals surface area contributed by atoms with E-state index in [9.17, 15) is 4.79 Å². The maximum Gasteiger partial charge on any atom is 0.254 e. The minimum Gasteiger partial charge on any atom is -0.494 e. The Kier molecular flexibility index (Phi) is 8.72. The lowest BCUT2D eigenvalue weighted by Gasteiger charge is -2.36. The second-order valence-corrected chi connectivity index (χ2v) is 10.6. The molecule has 4 rings (SSSR count). The maximum atomic E-state index is 13.3. The number of nitrogens with zero attached hydrogens (tertiary/aromatic N) is 3. The maximum absolute atomic E-state index is 13.3. The molecule has 0 bridgehead atoms. The lowest BCUT2D eigenvalue weighted by atomic mass is 9.94. The largest absolute Gasteiger partial charge is 0.494 e. The Bertz CT molecular complexity index is 958. The number of carbonyl (C=O) groups is 1. The molecule has 1 amide bonds. The number of hydrogen-bond acceptors (Lipinski definition) is 4. The van der Waals surface area contributed by atoms with Gasteiger partial charge in [-0.2, -0.15) is 0 Å². The number of piperazine rings is 1. The van der Waals surface area contributed by atoms with Crippen molar-refractivity contribution in [2.45, 2.75) is 64.8 Å². The highest BCUT2D eigenvalue weighted by atomic mass is 16.5. The van der Waals surface area contributed by atoms with Crippen LogP contribution < -0.4 is 9.64 Å². The molecule has 0 unspecified atom stereocenters. The van der Waals surface area contributed by atoms with Gasteiger partial charge in [-0.25, -0.2) is 0 Å². The molecule has 5 heteroatoms. The van der Waals surface area contributed by atoms with Gasteiger partial charge in [-0.05, 0) is 75.0 Å². The van der Waals surface area contributed by atoms with Gasteiger partial charge in [-0.1, -0.05) is 44.4 Å². The SMILES string of the molecule is Cc1ccc(C(C)C)c(C(=O)N2CCN(c3ccc(OCCCN(C)C4CCCC4)cc3)CC2)c1. The van der Waals surface area contributed by atoms with E-state index in [0.29, 0.717) is 5.92 Å². The fourth-order valence-corrected chi connectivity index (χ4v) is 5.48. The summed E-state index contributed by atoms with van der Waals surface area (Å²) in [6.07, 6.45) is 6.53. The van der Waals surface area contributed by atoms with Crippen molar-refractivity contribution in [3.63, 3.8) is 0 Å². The molecule has 1 heterocycles. The zero-order valence-electron chi connectivity index (χ0n) is 22.1. The van der Waals surface area contributed by atoms with Crippen LogP contribution >= 0.6 is 0 Å². The van der Waals surface area contributed by atoms with Gasteiger partial charge in [0.15, 0.2) is 0 Å². The van der Waals surface area contributed by atoms with E-state index in [2.05, 4.69) is 80.1 Å². The van der Waals surface area contributed by atoms with E-state index in [-0.39, 0.29) is 5.91 Å². The lowest BCUT2D eigenvalue weighted by Crippen LogP contribution is -2.49. The van der Waals surface area contributed by atoms with Crippen LogP contribution in [0.15, 0.2) is 42.5 Å². The van der Waals surface area contributed by atoms with Gasteiger partial charge < -0.3 is 19.4 Å². The summed E-state index contributed by atoms with van der Waals surface area (Å²) in [5, 5.41) is 0. The van der Waals surface area contributed by atoms with E-state index in [1.54, 1.807) is 0 Å². The van der Waals surface area contributed by atoms with Gasteiger partial charge in [0, 0.05) is 50.0 Å². The van der Waals surface area contributed by atoms with Gasteiger partial charge in [0.1, 0.15) is 5.75 Å². The molecule has 2 aromatic rings. The summed E-state index contributed by atoms with van der Waals surface area (Å²) >= 11 is 0. The molecule has 2 fully saturated rings. The first kappa shape index (κ1) is 25.6. The van der Waals surface area contributed by atoms with Crippen molar-refractivity contribution in [3.8, 4) is 5.75 Å². The molecule has 1 aliphatic carbocycles. The number of benzene rings is 2. The Labute approximate surface area is 212 Å². The topological polar surface area (TPSA) is 36.0 Å². The van der Waals surface area contributed by atoms with Gasteiger partial charge in [0.2, 0.25) is 0 Å². The van der Waals surface area contributed by atoms with E-state index in [1.165, 1.54) is 31.4 Å². The fourth-order valence-electron chi connectivity index (χ4n) is 5.48.